The van der Waals surface area contributed by atoms with Gasteiger partial charge in [-0.25, -0.2) is 4.98 Å². The Kier molecular flexibility index (Phi) is 3.73. The van der Waals surface area contributed by atoms with Crippen LogP contribution in [0.1, 0.15) is 60.2 Å². The molecule has 21 heavy (non-hydrogen) atoms. The van der Waals surface area contributed by atoms with E-state index in [0.29, 0.717) is 5.92 Å². The number of nitrogens with one attached hydrogen (secondary N) is 2. The summed E-state index contributed by atoms with van der Waals surface area (Å²) >= 11 is 0. The van der Waals surface area contributed by atoms with Crippen molar-refractivity contribution < 1.29 is 4.79 Å². The second-order valence-electron chi connectivity index (χ2n) is 5.43. The number of para-hydroxylation sites is 1. The number of anilines is 1. The number of carbonyl (C=O) groups is 1. The van der Waals surface area contributed by atoms with Crippen LogP contribution in [-0.4, -0.2) is 21.1 Å². The first-order valence-corrected chi connectivity index (χ1v) is 7.57. The van der Waals surface area contributed by atoms with Gasteiger partial charge in [-0.05, 0) is 36.8 Å². The van der Waals surface area contributed by atoms with E-state index in [1.165, 1.54) is 0 Å². The maximum Gasteiger partial charge on any atom is 0.295 e. The quantitative estimate of drug-likeness (QED) is 0.886. The molecule has 1 aliphatic carbocycles. The molecule has 0 atom stereocenters. The molecule has 5 nitrogen and oxygen atoms in total. The highest BCUT2D eigenvalue weighted by Crippen LogP contribution is 2.37. The van der Waals surface area contributed by atoms with Gasteiger partial charge in [0, 0.05) is 11.6 Å². The highest BCUT2D eigenvalue weighted by molar-refractivity contribution is 6.02. The van der Waals surface area contributed by atoms with Crippen molar-refractivity contribution in [3.63, 3.8) is 0 Å². The lowest BCUT2D eigenvalue weighted by atomic mass is 10.0. The summed E-state index contributed by atoms with van der Waals surface area (Å²) in [5, 5.41) is 9.89. The molecule has 3 rings (SSSR count). The van der Waals surface area contributed by atoms with Crippen LogP contribution in [0.2, 0.25) is 0 Å². The average Bonchev–Trinajstić information content (AvgIpc) is 3.24. The van der Waals surface area contributed by atoms with Crippen LogP contribution in [0, 0.1) is 0 Å². The second-order valence-corrected chi connectivity index (χ2v) is 5.43. The summed E-state index contributed by atoms with van der Waals surface area (Å²) in [6.07, 6.45) is 4.03. The van der Waals surface area contributed by atoms with Crippen LogP contribution in [0.4, 0.5) is 5.69 Å². The number of benzene rings is 1. The molecule has 1 heterocycles. The van der Waals surface area contributed by atoms with Crippen LogP contribution >= 0.6 is 0 Å². The maximum atomic E-state index is 12.4. The molecule has 0 aliphatic heterocycles. The molecule has 5 heteroatoms. The van der Waals surface area contributed by atoms with Gasteiger partial charge < -0.3 is 5.32 Å². The summed E-state index contributed by atoms with van der Waals surface area (Å²) < 4.78 is 0. The number of aryl methyl sites for hydroxylation is 2. The zero-order chi connectivity index (χ0) is 14.8. The number of carbonyl (C=O) groups excluding carboxylic acids is 1. The maximum absolute atomic E-state index is 12.4. The van der Waals surface area contributed by atoms with Gasteiger partial charge in [-0.2, -0.15) is 0 Å². The van der Waals surface area contributed by atoms with E-state index in [9.17, 15) is 4.79 Å². The molecule has 1 fully saturated rings. The van der Waals surface area contributed by atoms with Crippen molar-refractivity contribution in [1.29, 1.82) is 0 Å². The summed E-state index contributed by atoms with van der Waals surface area (Å²) in [5.41, 5.74) is 3.19. The lowest BCUT2D eigenvalue weighted by Gasteiger charge is -2.13. The van der Waals surface area contributed by atoms with E-state index in [2.05, 4.69) is 34.3 Å². The number of hydrogen-bond donors (Lipinski definition) is 2. The third-order valence-corrected chi connectivity index (χ3v) is 3.91. The van der Waals surface area contributed by atoms with Crippen LogP contribution in [0.5, 0.6) is 0 Å². The first-order valence-electron chi connectivity index (χ1n) is 7.57. The molecule has 0 unspecified atom stereocenters. The van der Waals surface area contributed by atoms with Crippen LogP contribution in [0.3, 0.4) is 0 Å². The lowest BCUT2D eigenvalue weighted by Crippen LogP contribution is -2.16. The minimum absolute atomic E-state index is 0.227. The van der Waals surface area contributed by atoms with Gasteiger partial charge in [0.25, 0.3) is 5.91 Å². The average molecular weight is 284 g/mol. The number of aromatic amines is 1. The molecule has 0 radical (unpaired) electrons. The number of aromatic nitrogens is 3. The van der Waals surface area contributed by atoms with Gasteiger partial charge in [-0.15, -0.1) is 5.10 Å². The van der Waals surface area contributed by atoms with E-state index in [4.69, 9.17) is 0 Å². The Bertz CT molecular complexity index is 636. The molecule has 0 saturated heterocycles. The number of H-pyrrole nitrogens is 1. The highest BCUT2D eigenvalue weighted by atomic mass is 16.2. The predicted molar refractivity (Wildman–Crippen MR) is 81.5 cm³/mol. The second kappa shape index (κ2) is 5.68. The first kappa shape index (κ1) is 13.8. The molecule has 2 aromatic rings. The molecule has 1 aliphatic rings. The van der Waals surface area contributed by atoms with E-state index in [1.54, 1.807) is 0 Å². The van der Waals surface area contributed by atoms with Crippen molar-refractivity contribution in [3.8, 4) is 0 Å². The third-order valence-electron chi connectivity index (χ3n) is 3.91. The Labute approximate surface area is 124 Å². The van der Waals surface area contributed by atoms with E-state index >= 15 is 0 Å². The summed E-state index contributed by atoms with van der Waals surface area (Å²) in [6.45, 7) is 4.17. The summed E-state index contributed by atoms with van der Waals surface area (Å²) in [6, 6.07) is 6.12. The summed E-state index contributed by atoms with van der Waals surface area (Å²) in [7, 11) is 0. The van der Waals surface area contributed by atoms with E-state index < -0.39 is 0 Å². The van der Waals surface area contributed by atoms with Crippen LogP contribution in [-0.2, 0) is 12.8 Å². The van der Waals surface area contributed by atoms with Crippen molar-refractivity contribution in [2.24, 2.45) is 0 Å². The minimum Gasteiger partial charge on any atom is -0.319 e. The Morgan fingerprint density at radius 3 is 2.52 bits per heavy atom. The van der Waals surface area contributed by atoms with Gasteiger partial charge in [0.05, 0.1) is 0 Å². The fraction of sp³-hybridized carbons (Fsp3) is 0.438. The molecule has 1 aromatic heterocycles. The Balaban J connectivity index is 1.83. The van der Waals surface area contributed by atoms with Gasteiger partial charge in [-0.1, -0.05) is 32.0 Å². The molecular formula is C16H20N4O. The molecule has 1 saturated carbocycles. The van der Waals surface area contributed by atoms with Gasteiger partial charge >= 0.3 is 0 Å². The van der Waals surface area contributed by atoms with Gasteiger partial charge in [0.1, 0.15) is 5.82 Å². The van der Waals surface area contributed by atoms with E-state index in [1.807, 2.05) is 18.2 Å². The van der Waals surface area contributed by atoms with Gasteiger partial charge in [0.2, 0.25) is 5.82 Å². The van der Waals surface area contributed by atoms with Gasteiger partial charge in [0.15, 0.2) is 0 Å². The zero-order valence-electron chi connectivity index (χ0n) is 12.4. The largest absolute Gasteiger partial charge is 0.319 e. The Hall–Kier alpha value is -2.17. The lowest BCUT2D eigenvalue weighted by molar-refractivity contribution is 0.101. The monoisotopic (exact) mass is 284 g/mol. The van der Waals surface area contributed by atoms with Crippen molar-refractivity contribution in [1.82, 2.24) is 15.2 Å². The topological polar surface area (TPSA) is 70.7 Å². The molecule has 0 spiro atoms. The summed E-state index contributed by atoms with van der Waals surface area (Å²) in [4.78, 5) is 16.7. The predicted octanol–water partition coefficient (Wildman–Crippen LogP) is 3.06. The molecule has 1 aromatic carbocycles. The SMILES string of the molecule is CCc1cccc(CC)c1NC(=O)c1n[nH]c(C2CC2)n1. The Morgan fingerprint density at radius 2 is 1.95 bits per heavy atom. The number of rotatable bonds is 5. The summed E-state index contributed by atoms with van der Waals surface area (Å²) in [5.74, 6) is 1.28. The molecule has 2 N–H and O–H groups in total. The third kappa shape index (κ3) is 2.82. The number of hydrogen-bond acceptors (Lipinski definition) is 3. The van der Waals surface area contributed by atoms with Gasteiger partial charge in [-0.3, -0.25) is 9.89 Å². The van der Waals surface area contributed by atoms with Crippen molar-refractivity contribution in [2.75, 3.05) is 5.32 Å². The fourth-order valence-corrected chi connectivity index (χ4v) is 2.49. The minimum atomic E-state index is -0.242. The van der Waals surface area contributed by atoms with Crippen LogP contribution < -0.4 is 5.32 Å². The van der Waals surface area contributed by atoms with E-state index in [-0.39, 0.29) is 11.7 Å². The first-order chi connectivity index (χ1) is 10.2. The zero-order valence-corrected chi connectivity index (χ0v) is 12.4. The smallest absolute Gasteiger partial charge is 0.295 e. The van der Waals surface area contributed by atoms with Crippen molar-refractivity contribution >= 4 is 11.6 Å². The number of nitrogens with zero attached hydrogens (tertiary/aromatic N) is 2. The van der Waals surface area contributed by atoms with E-state index in [0.717, 1.165) is 48.3 Å². The van der Waals surface area contributed by atoms with Crippen molar-refractivity contribution in [3.05, 3.63) is 41.0 Å². The molecular weight excluding hydrogens is 264 g/mol. The number of amides is 1. The standard InChI is InChI=1S/C16H20N4O/c1-3-10-6-5-7-11(4-2)13(10)17-16(21)15-18-14(19-20-15)12-8-9-12/h5-7,12H,3-4,8-9H2,1-2H3,(H,17,21)(H,18,19,20). The van der Waals surface area contributed by atoms with Crippen LogP contribution in [0.15, 0.2) is 18.2 Å². The molecule has 110 valence electrons. The van der Waals surface area contributed by atoms with Crippen LogP contribution in [0.25, 0.3) is 0 Å². The molecule has 0 bridgehead atoms. The fourth-order valence-electron chi connectivity index (χ4n) is 2.49. The molecule has 1 amide bonds. The highest BCUT2D eigenvalue weighted by Gasteiger charge is 2.28. The Morgan fingerprint density at radius 1 is 1.29 bits per heavy atom. The normalized spacial score (nSPS) is 14.2. The van der Waals surface area contributed by atoms with Crippen molar-refractivity contribution in [2.45, 2.75) is 45.4 Å².